The van der Waals surface area contributed by atoms with E-state index in [0.29, 0.717) is 12.5 Å². The van der Waals surface area contributed by atoms with Gasteiger partial charge in [0.1, 0.15) is 0 Å². The zero-order chi connectivity index (χ0) is 16.6. The molecular weight excluding hydrogens is 354 g/mol. The van der Waals surface area contributed by atoms with Gasteiger partial charge in [-0.25, -0.2) is 0 Å². The molecule has 5 heteroatoms. The Balaban J connectivity index is 1.88. The molecule has 1 aromatic heterocycles. The molecule has 0 bridgehead atoms. The molecule has 1 aliphatic rings. The van der Waals surface area contributed by atoms with Crippen LogP contribution in [0.5, 0.6) is 0 Å². The second-order valence-electron chi connectivity index (χ2n) is 6.38. The number of carbonyl (C=O) groups excluding carboxylic acids is 1. The number of nitrogens with zero attached hydrogens (tertiary/aromatic N) is 3. The summed E-state index contributed by atoms with van der Waals surface area (Å²) in [7, 11) is 1.95. The predicted molar refractivity (Wildman–Crippen MR) is 94.3 cm³/mol. The minimum Gasteiger partial charge on any atom is -0.334 e. The van der Waals surface area contributed by atoms with E-state index in [-0.39, 0.29) is 5.91 Å². The number of benzene rings is 1. The number of aromatic nitrogens is 2. The molecule has 4 nitrogen and oxygen atoms in total. The highest BCUT2D eigenvalue weighted by Crippen LogP contribution is 2.31. The van der Waals surface area contributed by atoms with Crippen LogP contribution in [0.3, 0.4) is 0 Å². The minimum atomic E-state index is 0.0898. The van der Waals surface area contributed by atoms with Gasteiger partial charge in [-0.15, -0.1) is 0 Å². The molecular formula is C18H22BrN3O. The van der Waals surface area contributed by atoms with E-state index in [1.807, 2.05) is 47.8 Å². The van der Waals surface area contributed by atoms with Crippen LogP contribution >= 0.6 is 15.9 Å². The molecule has 0 saturated heterocycles. The van der Waals surface area contributed by atoms with Gasteiger partial charge in [-0.1, -0.05) is 12.1 Å². The third kappa shape index (κ3) is 3.50. The fourth-order valence-electron chi connectivity index (χ4n) is 2.87. The van der Waals surface area contributed by atoms with Crippen LogP contribution in [0.25, 0.3) is 0 Å². The summed E-state index contributed by atoms with van der Waals surface area (Å²) in [5, 5.41) is 4.48. The summed E-state index contributed by atoms with van der Waals surface area (Å²) in [5.74, 6) is 0.741. The molecule has 0 N–H and O–H groups in total. The van der Waals surface area contributed by atoms with Crippen molar-refractivity contribution in [1.29, 1.82) is 0 Å². The predicted octanol–water partition coefficient (Wildman–Crippen LogP) is 3.85. The van der Waals surface area contributed by atoms with Crippen LogP contribution in [0, 0.1) is 19.8 Å². The largest absolute Gasteiger partial charge is 0.334 e. The number of aryl methyl sites for hydroxylation is 2. The standard InChI is InChI=1S/C18H22BrN3O/c1-12-16(13(2)21(3)20-12)11-22(10-14-8-9-14)18(23)15-6-4-5-7-17(15)19/h4-7,14H,8-11H2,1-3H3. The Kier molecular flexibility index (Phi) is 4.57. The van der Waals surface area contributed by atoms with Gasteiger partial charge in [-0.05, 0) is 60.7 Å². The van der Waals surface area contributed by atoms with Crippen molar-refractivity contribution in [3.8, 4) is 0 Å². The van der Waals surface area contributed by atoms with Crippen LogP contribution in [0.1, 0.15) is 40.2 Å². The van der Waals surface area contributed by atoms with Crippen molar-refractivity contribution in [1.82, 2.24) is 14.7 Å². The Hall–Kier alpha value is -1.62. The molecule has 1 amide bonds. The van der Waals surface area contributed by atoms with Gasteiger partial charge in [0, 0.05) is 35.9 Å². The van der Waals surface area contributed by atoms with Crippen molar-refractivity contribution in [2.45, 2.75) is 33.2 Å². The van der Waals surface area contributed by atoms with E-state index in [9.17, 15) is 4.79 Å². The number of carbonyl (C=O) groups is 1. The van der Waals surface area contributed by atoms with Crippen molar-refractivity contribution < 1.29 is 4.79 Å². The van der Waals surface area contributed by atoms with Gasteiger partial charge >= 0.3 is 0 Å². The third-order valence-electron chi connectivity index (χ3n) is 4.57. The van der Waals surface area contributed by atoms with E-state index in [2.05, 4.69) is 28.0 Å². The summed E-state index contributed by atoms with van der Waals surface area (Å²) in [6, 6.07) is 7.65. The molecule has 1 fully saturated rings. The van der Waals surface area contributed by atoms with Gasteiger partial charge in [-0.2, -0.15) is 5.10 Å². The first-order chi connectivity index (χ1) is 11.0. The summed E-state index contributed by atoms with van der Waals surface area (Å²) in [6.07, 6.45) is 2.45. The van der Waals surface area contributed by atoms with Crippen molar-refractivity contribution >= 4 is 21.8 Å². The van der Waals surface area contributed by atoms with Crippen LogP contribution in [0.15, 0.2) is 28.7 Å². The Morgan fingerprint density at radius 2 is 2.04 bits per heavy atom. The average Bonchev–Trinajstić information content (AvgIpc) is 3.30. The first-order valence-corrected chi connectivity index (χ1v) is 8.79. The van der Waals surface area contributed by atoms with Crippen molar-refractivity contribution in [2.24, 2.45) is 13.0 Å². The first-order valence-electron chi connectivity index (χ1n) is 8.00. The average molecular weight is 376 g/mol. The van der Waals surface area contributed by atoms with Crippen LogP contribution in [-0.2, 0) is 13.6 Å². The highest BCUT2D eigenvalue weighted by Gasteiger charge is 2.29. The van der Waals surface area contributed by atoms with E-state index >= 15 is 0 Å². The summed E-state index contributed by atoms with van der Waals surface area (Å²) in [4.78, 5) is 15.0. The van der Waals surface area contributed by atoms with Gasteiger partial charge in [0.2, 0.25) is 0 Å². The molecule has 0 atom stereocenters. The highest BCUT2D eigenvalue weighted by molar-refractivity contribution is 9.10. The second-order valence-corrected chi connectivity index (χ2v) is 7.24. The van der Waals surface area contributed by atoms with Crippen molar-refractivity contribution in [3.63, 3.8) is 0 Å². The molecule has 1 aromatic carbocycles. The third-order valence-corrected chi connectivity index (χ3v) is 5.27. The first kappa shape index (κ1) is 16.2. The molecule has 2 aromatic rings. The van der Waals surface area contributed by atoms with Crippen LogP contribution in [0.4, 0.5) is 0 Å². The van der Waals surface area contributed by atoms with E-state index in [1.54, 1.807) is 0 Å². The van der Waals surface area contributed by atoms with E-state index < -0.39 is 0 Å². The Bertz CT molecular complexity index is 734. The zero-order valence-corrected chi connectivity index (χ0v) is 15.4. The lowest BCUT2D eigenvalue weighted by Gasteiger charge is -2.23. The Morgan fingerprint density at radius 1 is 1.35 bits per heavy atom. The maximum absolute atomic E-state index is 13.0. The zero-order valence-electron chi connectivity index (χ0n) is 13.8. The molecule has 3 rings (SSSR count). The maximum atomic E-state index is 13.0. The SMILES string of the molecule is Cc1nn(C)c(C)c1CN(CC1CC1)C(=O)c1ccccc1Br. The minimum absolute atomic E-state index is 0.0898. The summed E-state index contributed by atoms with van der Waals surface area (Å²) in [6.45, 7) is 5.53. The molecule has 23 heavy (non-hydrogen) atoms. The normalized spacial score (nSPS) is 14.1. The molecule has 0 unspecified atom stereocenters. The lowest BCUT2D eigenvalue weighted by atomic mass is 10.1. The molecule has 122 valence electrons. The van der Waals surface area contributed by atoms with Gasteiger partial charge in [-0.3, -0.25) is 9.48 Å². The second kappa shape index (κ2) is 6.48. The topological polar surface area (TPSA) is 38.1 Å². The number of halogens is 1. The van der Waals surface area contributed by atoms with Gasteiger partial charge in [0.15, 0.2) is 0 Å². The fraction of sp³-hybridized carbons (Fsp3) is 0.444. The van der Waals surface area contributed by atoms with Gasteiger partial charge in [0.25, 0.3) is 5.91 Å². The van der Waals surface area contributed by atoms with Crippen LogP contribution < -0.4 is 0 Å². The number of rotatable bonds is 5. The highest BCUT2D eigenvalue weighted by atomic mass is 79.9. The summed E-state index contributed by atoms with van der Waals surface area (Å²) < 4.78 is 2.74. The summed E-state index contributed by atoms with van der Waals surface area (Å²) in [5.41, 5.74) is 4.02. The summed E-state index contributed by atoms with van der Waals surface area (Å²) >= 11 is 3.50. The maximum Gasteiger partial charge on any atom is 0.255 e. The smallest absolute Gasteiger partial charge is 0.255 e. The molecule has 0 radical (unpaired) electrons. The lowest BCUT2D eigenvalue weighted by Crippen LogP contribution is -2.33. The molecule has 1 aliphatic carbocycles. The molecule has 0 aliphatic heterocycles. The molecule has 1 saturated carbocycles. The molecule has 1 heterocycles. The van der Waals surface area contributed by atoms with E-state index in [0.717, 1.165) is 33.5 Å². The number of amides is 1. The Morgan fingerprint density at radius 3 is 2.61 bits per heavy atom. The van der Waals surface area contributed by atoms with Crippen LogP contribution in [-0.4, -0.2) is 27.1 Å². The van der Waals surface area contributed by atoms with E-state index in [1.165, 1.54) is 12.8 Å². The quantitative estimate of drug-likeness (QED) is 0.795. The van der Waals surface area contributed by atoms with Crippen LogP contribution in [0.2, 0.25) is 0 Å². The van der Waals surface area contributed by atoms with Crippen molar-refractivity contribution in [3.05, 3.63) is 51.3 Å². The lowest BCUT2D eigenvalue weighted by molar-refractivity contribution is 0.0733. The van der Waals surface area contributed by atoms with Gasteiger partial charge < -0.3 is 4.90 Å². The molecule has 0 spiro atoms. The van der Waals surface area contributed by atoms with E-state index in [4.69, 9.17) is 0 Å². The number of hydrogen-bond donors (Lipinski definition) is 0. The van der Waals surface area contributed by atoms with Gasteiger partial charge in [0.05, 0.1) is 11.3 Å². The number of hydrogen-bond acceptors (Lipinski definition) is 2. The monoisotopic (exact) mass is 375 g/mol. The fourth-order valence-corrected chi connectivity index (χ4v) is 3.33. The van der Waals surface area contributed by atoms with Crippen molar-refractivity contribution in [2.75, 3.05) is 6.54 Å². The Labute approximate surface area is 145 Å².